The SMILES string of the molecule is CC(=O)N[C@@H]1[C@@H](O[C@H](C)C(=O)[O-])[C@H](O)[C@@H](CO)O[C@@H]1O. The Balaban J connectivity index is 2.92. The topological polar surface area (TPSA) is 148 Å². The number of hydrogen-bond acceptors (Lipinski definition) is 8. The van der Waals surface area contributed by atoms with Crippen molar-refractivity contribution in [3.63, 3.8) is 0 Å². The van der Waals surface area contributed by atoms with Gasteiger partial charge in [-0.25, -0.2) is 0 Å². The van der Waals surface area contributed by atoms with Crippen LogP contribution >= 0.6 is 0 Å². The van der Waals surface area contributed by atoms with Crippen molar-refractivity contribution >= 4 is 11.9 Å². The average Bonchev–Trinajstić information content (AvgIpc) is 2.36. The third-order valence-electron chi connectivity index (χ3n) is 2.94. The second kappa shape index (κ2) is 6.95. The molecule has 1 aliphatic heterocycles. The number of ether oxygens (including phenoxy) is 2. The zero-order valence-electron chi connectivity index (χ0n) is 11.1. The van der Waals surface area contributed by atoms with Gasteiger partial charge in [-0.1, -0.05) is 0 Å². The first-order valence-electron chi connectivity index (χ1n) is 6.03. The monoisotopic (exact) mass is 292 g/mol. The Labute approximate surface area is 115 Å². The van der Waals surface area contributed by atoms with E-state index in [9.17, 15) is 24.9 Å². The van der Waals surface area contributed by atoms with Gasteiger partial charge in [-0.2, -0.15) is 0 Å². The highest BCUT2D eigenvalue weighted by molar-refractivity contribution is 5.73. The van der Waals surface area contributed by atoms with E-state index in [0.29, 0.717) is 0 Å². The summed E-state index contributed by atoms with van der Waals surface area (Å²) in [5.74, 6) is -2.04. The molecule has 4 N–H and O–H groups in total. The van der Waals surface area contributed by atoms with Gasteiger partial charge in [-0.3, -0.25) is 4.79 Å². The number of carbonyl (C=O) groups excluding carboxylic acids is 2. The summed E-state index contributed by atoms with van der Waals surface area (Å²) in [6, 6.07) is -1.17. The van der Waals surface area contributed by atoms with Crippen LogP contribution in [-0.2, 0) is 19.1 Å². The van der Waals surface area contributed by atoms with Crippen LogP contribution in [0.3, 0.4) is 0 Å². The van der Waals surface area contributed by atoms with Crippen LogP contribution in [0.1, 0.15) is 13.8 Å². The van der Waals surface area contributed by atoms with Crippen LogP contribution in [0.25, 0.3) is 0 Å². The van der Waals surface area contributed by atoms with Crippen molar-refractivity contribution in [3.8, 4) is 0 Å². The van der Waals surface area contributed by atoms with E-state index in [-0.39, 0.29) is 0 Å². The lowest BCUT2D eigenvalue weighted by Gasteiger charge is -2.43. The number of rotatable bonds is 5. The Morgan fingerprint density at radius 1 is 1.45 bits per heavy atom. The number of aliphatic hydroxyl groups excluding tert-OH is 3. The third kappa shape index (κ3) is 3.87. The van der Waals surface area contributed by atoms with Crippen molar-refractivity contribution in [2.24, 2.45) is 0 Å². The molecule has 0 unspecified atom stereocenters. The highest BCUT2D eigenvalue weighted by Crippen LogP contribution is 2.23. The van der Waals surface area contributed by atoms with Gasteiger partial charge in [0.15, 0.2) is 6.29 Å². The molecule has 0 aliphatic carbocycles. The molecule has 6 atom stereocenters. The van der Waals surface area contributed by atoms with E-state index < -0.39 is 55.2 Å². The first-order chi connectivity index (χ1) is 9.27. The van der Waals surface area contributed by atoms with Crippen LogP contribution < -0.4 is 10.4 Å². The summed E-state index contributed by atoms with van der Waals surface area (Å²) in [5, 5.41) is 41.8. The van der Waals surface area contributed by atoms with Crippen LogP contribution in [0.5, 0.6) is 0 Å². The standard InChI is InChI=1S/C11H19NO8/c1-4(10(16)17)19-9-7(12-5(2)14)11(18)20-6(3-13)8(9)15/h4,6-9,11,13,15,18H,3H2,1-2H3,(H,12,14)(H,16,17)/p-1/t4-,6-,7-,8-,9-,11+/m1/s1. The van der Waals surface area contributed by atoms with Gasteiger partial charge in [0.2, 0.25) is 5.91 Å². The zero-order chi connectivity index (χ0) is 15.4. The minimum atomic E-state index is -1.56. The number of amides is 1. The Morgan fingerprint density at radius 3 is 2.50 bits per heavy atom. The molecule has 9 heteroatoms. The highest BCUT2D eigenvalue weighted by atomic mass is 16.6. The van der Waals surface area contributed by atoms with Crippen LogP contribution in [-0.4, -0.2) is 70.6 Å². The Morgan fingerprint density at radius 2 is 2.05 bits per heavy atom. The largest absolute Gasteiger partial charge is 0.547 e. The van der Waals surface area contributed by atoms with Crippen LogP contribution in [0.2, 0.25) is 0 Å². The van der Waals surface area contributed by atoms with Gasteiger partial charge < -0.3 is 40.0 Å². The number of carbonyl (C=O) groups is 2. The Hall–Kier alpha value is -1.26. The second-order valence-electron chi connectivity index (χ2n) is 4.53. The molecule has 1 amide bonds. The van der Waals surface area contributed by atoms with E-state index in [2.05, 4.69) is 5.32 Å². The van der Waals surface area contributed by atoms with E-state index in [1.165, 1.54) is 13.8 Å². The first kappa shape index (κ1) is 16.8. The Kier molecular flexibility index (Phi) is 5.84. The third-order valence-corrected chi connectivity index (χ3v) is 2.94. The highest BCUT2D eigenvalue weighted by Gasteiger charge is 2.46. The van der Waals surface area contributed by atoms with Crippen molar-refractivity contribution in [2.45, 2.75) is 50.6 Å². The van der Waals surface area contributed by atoms with Crippen molar-refractivity contribution < 1.29 is 39.5 Å². The molecule has 0 spiro atoms. The number of hydrogen-bond donors (Lipinski definition) is 4. The molecule has 0 bridgehead atoms. The molecule has 1 saturated heterocycles. The summed E-state index contributed by atoms with van der Waals surface area (Å²) in [7, 11) is 0. The predicted octanol–water partition coefficient (Wildman–Crippen LogP) is -3.91. The molecule has 9 nitrogen and oxygen atoms in total. The average molecular weight is 292 g/mol. The van der Waals surface area contributed by atoms with Gasteiger partial charge in [0, 0.05) is 6.92 Å². The fourth-order valence-electron chi connectivity index (χ4n) is 1.93. The fourth-order valence-corrected chi connectivity index (χ4v) is 1.93. The molecule has 1 rings (SSSR count). The van der Waals surface area contributed by atoms with Gasteiger partial charge in [-0.15, -0.1) is 0 Å². The minimum absolute atomic E-state index is 0.526. The van der Waals surface area contributed by atoms with Gasteiger partial charge in [0.1, 0.15) is 24.4 Å². The fraction of sp³-hybridized carbons (Fsp3) is 0.818. The Bertz CT molecular complexity index is 362. The quantitative estimate of drug-likeness (QED) is 0.401. The summed E-state index contributed by atoms with van der Waals surface area (Å²) in [6.45, 7) is 1.75. The normalized spacial score (nSPS) is 35.4. The first-order valence-corrected chi connectivity index (χ1v) is 6.03. The number of aliphatic hydroxyl groups is 3. The van der Waals surface area contributed by atoms with E-state index in [0.717, 1.165) is 0 Å². The number of carboxylic acids is 1. The molecule has 1 fully saturated rings. The lowest BCUT2D eigenvalue weighted by molar-refractivity contribution is -0.324. The summed E-state index contributed by atoms with van der Waals surface area (Å²) in [6.07, 6.45) is -6.79. The van der Waals surface area contributed by atoms with Crippen molar-refractivity contribution in [1.29, 1.82) is 0 Å². The molecular formula is C11H18NO8-. The maximum absolute atomic E-state index is 11.1. The maximum Gasteiger partial charge on any atom is 0.217 e. The summed E-state index contributed by atoms with van der Waals surface area (Å²) in [4.78, 5) is 21.8. The molecule has 1 aliphatic rings. The molecule has 0 radical (unpaired) electrons. The van der Waals surface area contributed by atoms with E-state index in [1.54, 1.807) is 0 Å². The molecule has 1 heterocycles. The lowest BCUT2D eigenvalue weighted by atomic mass is 9.96. The van der Waals surface area contributed by atoms with Gasteiger partial charge in [-0.05, 0) is 6.92 Å². The summed E-state index contributed by atoms with van der Waals surface area (Å²) >= 11 is 0. The number of aliphatic carboxylic acids is 1. The molecule has 0 aromatic heterocycles. The number of carboxylic acid groups (broad SMARTS) is 1. The molecule has 20 heavy (non-hydrogen) atoms. The van der Waals surface area contributed by atoms with E-state index in [1.807, 2.05) is 0 Å². The smallest absolute Gasteiger partial charge is 0.217 e. The van der Waals surface area contributed by atoms with Crippen LogP contribution in [0, 0.1) is 0 Å². The van der Waals surface area contributed by atoms with Crippen LogP contribution in [0.15, 0.2) is 0 Å². The zero-order valence-corrected chi connectivity index (χ0v) is 11.1. The van der Waals surface area contributed by atoms with Crippen molar-refractivity contribution in [3.05, 3.63) is 0 Å². The minimum Gasteiger partial charge on any atom is -0.547 e. The van der Waals surface area contributed by atoms with Crippen LogP contribution in [0.4, 0.5) is 0 Å². The summed E-state index contributed by atoms with van der Waals surface area (Å²) in [5.41, 5.74) is 0. The molecule has 0 saturated carbocycles. The number of nitrogens with one attached hydrogen (secondary N) is 1. The predicted molar refractivity (Wildman–Crippen MR) is 60.9 cm³/mol. The van der Waals surface area contributed by atoms with Gasteiger partial charge in [0.25, 0.3) is 0 Å². The second-order valence-corrected chi connectivity index (χ2v) is 4.53. The molecule has 0 aromatic rings. The lowest BCUT2D eigenvalue weighted by Crippen LogP contribution is -2.65. The van der Waals surface area contributed by atoms with Crippen molar-refractivity contribution in [1.82, 2.24) is 5.32 Å². The van der Waals surface area contributed by atoms with Gasteiger partial charge in [0.05, 0.1) is 18.7 Å². The van der Waals surface area contributed by atoms with E-state index in [4.69, 9.17) is 14.6 Å². The van der Waals surface area contributed by atoms with Crippen molar-refractivity contribution in [2.75, 3.05) is 6.61 Å². The molecule has 116 valence electrons. The van der Waals surface area contributed by atoms with E-state index >= 15 is 0 Å². The summed E-state index contributed by atoms with van der Waals surface area (Å²) < 4.78 is 10.0. The molecule has 0 aromatic carbocycles. The van der Waals surface area contributed by atoms with Gasteiger partial charge >= 0.3 is 0 Å². The maximum atomic E-state index is 11.1. The molecular weight excluding hydrogens is 274 g/mol.